The monoisotopic (exact) mass is 381 g/mol. The first kappa shape index (κ1) is 20.3. The Labute approximate surface area is 154 Å². The van der Waals surface area contributed by atoms with Crippen molar-refractivity contribution in [3.8, 4) is 5.75 Å². The number of rotatable bonds is 6. The van der Waals surface area contributed by atoms with Crippen molar-refractivity contribution in [2.24, 2.45) is 0 Å². The van der Waals surface area contributed by atoms with Crippen LogP contribution in [0.1, 0.15) is 16.7 Å². The Kier molecular flexibility index (Phi) is 6.44. The zero-order valence-electron chi connectivity index (χ0n) is 14.7. The summed E-state index contributed by atoms with van der Waals surface area (Å²) in [5.41, 5.74) is 1.26. The van der Waals surface area contributed by atoms with Gasteiger partial charge in [-0.1, -0.05) is 17.7 Å². The van der Waals surface area contributed by atoms with Gasteiger partial charge in [-0.05, 0) is 49.7 Å². The molecular weight excluding hydrogens is 363 g/mol. The molecule has 0 unspecified atom stereocenters. The van der Waals surface area contributed by atoms with Gasteiger partial charge in [-0.15, -0.1) is 0 Å². The zero-order chi connectivity index (χ0) is 20.0. The number of hydrogen-bond donors (Lipinski definition) is 1. The maximum absolute atomic E-state index is 12.5. The van der Waals surface area contributed by atoms with E-state index in [1.54, 1.807) is 6.07 Å². The van der Waals surface area contributed by atoms with E-state index < -0.39 is 30.2 Å². The minimum absolute atomic E-state index is 0.163. The number of alkyl halides is 3. The van der Waals surface area contributed by atoms with Gasteiger partial charge in [-0.2, -0.15) is 13.2 Å². The second-order valence-electron chi connectivity index (χ2n) is 5.84. The quantitative estimate of drug-likeness (QED) is 0.772. The van der Waals surface area contributed by atoms with Crippen molar-refractivity contribution in [2.75, 3.05) is 18.5 Å². The summed E-state index contributed by atoms with van der Waals surface area (Å²) < 4.78 is 47.5. The molecule has 0 saturated heterocycles. The Balaban J connectivity index is 1.77. The first-order chi connectivity index (χ1) is 12.6. The van der Waals surface area contributed by atoms with E-state index in [9.17, 15) is 22.8 Å². The predicted octanol–water partition coefficient (Wildman–Crippen LogP) is 3.88. The van der Waals surface area contributed by atoms with E-state index in [-0.39, 0.29) is 12.3 Å². The van der Waals surface area contributed by atoms with Gasteiger partial charge < -0.3 is 14.8 Å². The zero-order valence-corrected chi connectivity index (χ0v) is 14.7. The van der Waals surface area contributed by atoms with E-state index in [0.717, 1.165) is 35.4 Å². The third-order valence-corrected chi connectivity index (χ3v) is 3.54. The molecule has 0 radical (unpaired) electrons. The molecule has 1 amide bonds. The Bertz CT molecular complexity index is 817. The average Bonchev–Trinajstić information content (AvgIpc) is 2.59. The molecule has 2 aromatic carbocycles. The van der Waals surface area contributed by atoms with Crippen LogP contribution in [0.2, 0.25) is 0 Å². The van der Waals surface area contributed by atoms with Crippen LogP contribution in [0.25, 0.3) is 0 Å². The van der Waals surface area contributed by atoms with E-state index in [2.05, 4.69) is 5.32 Å². The van der Waals surface area contributed by atoms with E-state index >= 15 is 0 Å². The number of hydrogen-bond acceptors (Lipinski definition) is 4. The maximum Gasteiger partial charge on any atom is 0.416 e. The summed E-state index contributed by atoms with van der Waals surface area (Å²) >= 11 is 0. The Morgan fingerprint density at radius 2 is 1.67 bits per heavy atom. The third kappa shape index (κ3) is 6.32. The highest BCUT2D eigenvalue weighted by atomic mass is 19.4. The molecule has 27 heavy (non-hydrogen) atoms. The summed E-state index contributed by atoms with van der Waals surface area (Å²) in [4.78, 5) is 23.4. The van der Waals surface area contributed by atoms with Crippen molar-refractivity contribution < 1.29 is 32.2 Å². The topological polar surface area (TPSA) is 64.6 Å². The molecule has 1 N–H and O–H groups in total. The third-order valence-electron chi connectivity index (χ3n) is 3.54. The minimum atomic E-state index is -4.45. The highest BCUT2D eigenvalue weighted by Crippen LogP contribution is 2.29. The van der Waals surface area contributed by atoms with Gasteiger partial charge in [0.15, 0.2) is 13.2 Å². The summed E-state index contributed by atoms with van der Waals surface area (Å²) in [5, 5.41) is 2.34. The van der Waals surface area contributed by atoms with Crippen LogP contribution >= 0.6 is 0 Å². The fourth-order valence-corrected chi connectivity index (χ4v) is 2.23. The van der Waals surface area contributed by atoms with Crippen molar-refractivity contribution in [1.29, 1.82) is 0 Å². The fourth-order valence-electron chi connectivity index (χ4n) is 2.23. The first-order valence-corrected chi connectivity index (χ1v) is 7.98. The van der Waals surface area contributed by atoms with Gasteiger partial charge in [0.05, 0.1) is 5.56 Å². The van der Waals surface area contributed by atoms with Gasteiger partial charge >= 0.3 is 12.1 Å². The number of esters is 1. The highest BCUT2D eigenvalue weighted by molar-refractivity contribution is 5.92. The van der Waals surface area contributed by atoms with Crippen molar-refractivity contribution in [3.05, 3.63) is 59.2 Å². The number of anilines is 1. The number of amides is 1. The Morgan fingerprint density at radius 3 is 2.26 bits per heavy atom. The van der Waals surface area contributed by atoms with Gasteiger partial charge in [0.1, 0.15) is 5.75 Å². The molecule has 0 atom stereocenters. The van der Waals surface area contributed by atoms with Crippen LogP contribution in [-0.2, 0) is 20.5 Å². The molecule has 0 heterocycles. The molecule has 0 spiro atoms. The van der Waals surface area contributed by atoms with Crippen LogP contribution in [0, 0.1) is 13.8 Å². The van der Waals surface area contributed by atoms with Gasteiger partial charge in [-0.3, -0.25) is 4.79 Å². The molecule has 0 aliphatic carbocycles. The van der Waals surface area contributed by atoms with E-state index in [0.29, 0.717) is 5.75 Å². The van der Waals surface area contributed by atoms with Gasteiger partial charge in [0, 0.05) is 5.69 Å². The molecule has 0 aromatic heterocycles. The minimum Gasteiger partial charge on any atom is -0.482 e. The summed E-state index contributed by atoms with van der Waals surface area (Å²) in [6.07, 6.45) is -4.45. The molecule has 5 nitrogen and oxygen atoms in total. The number of aryl methyl sites for hydroxylation is 2. The lowest BCUT2D eigenvalue weighted by atomic mass is 10.1. The van der Waals surface area contributed by atoms with Crippen LogP contribution in [0.15, 0.2) is 42.5 Å². The number of carbonyl (C=O) groups excluding carboxylic acids is 2. The lowest BCUT2D eigenvalue weighted by molar-refractivity contribution is -0.149. The fraction of sp³-hybridized carbons (Fsp3) is 0.263. The smallest absolute Gasteiger partial charge is 0.416 e. The van der Waals surface area contributed by atoms with Crippen LogP contribution < -0.4 is 10.1 Å². The molecule has 0 aliphatic heterocycles. The lowest BCUT2D eigenvalue weighted by Gasteiger charge is -2.10. The Morgan fingerprint density at radius 1 is 1.00 bits per heavy atom. The van der Waals surface area contributed by atoms with Crippen LogP contribution in [0.4, 0.5) is 18.9 Å². The van der Waals surface area contributed by atoms with Crippen molar-refractivity contribution in [2.45, 2.75) is 20.0 Å². The maximum atomic E-state index is 12.5. The van der Waals surface area contributed by atoms with E-state index in [1.165, 1.54) is 0 Å². The van der Waals surface area contributed by atoms with Crippen molar-refractivity contribution in [1.82, 2.24) is 0 Å². The number of nitrogens with one attached hydrogen (secondary N) is 1. The molecule has 0 fully saturated rings. The molecule has 0 aliphatic rings. The average molecular weight is 381 g/mol. The first-order valence-electron chi connectivity index (χ1n) is 7.98. The molecular formula is C19H18F3NO4. The molecule has 2 rings (SSSR count). The van der Waals surface area contributed by atoms with Crippen molar-refractivity contribution >= 4 is 17.6 Å². The summed E-state index contributed by atoms with van der Waals surface area (Å²) in [7, 11) is 0. The number of halogens is 3. The lowest BCUT2D eigenvalue weighted by Crippen LogP contribution is -2.23. The predicted molar refractivity (Wildman–Crippen MR) is 92.4 cm³/mol. The number of carbonyl (C=O) groups is 2. The highest BCUT2D eigenvalue weighted by Gasteiger charge is 2.29. The van der Waals surface area contributed by atoms with Crippen LogP contribution in [-0.4, -0.2) is 25.1 Å². The van der Waals surface area contributed by atoms with Crippen molar-refractivity contribution in [3.63, 3.8) is 0 Å². The molecule has 8 heteroatoms. The van der Waals surface area contributed by atoms with Gasteiger partial charge in [0.25, 0.3) is 5.91 Å². The molecule has 0 saturated carbocycles. The summed E-state index contributed by atoms with van der Waals surface area (Å²) in [5.74, 6) is -0.876. The number of benzene rings is 2. The standard InChI is InChI=1S/C19H18F3NO4/c1-12-3-8-16(13(2)9-12)26-11-18(25)27-10-17(24)23-15-6-4-14(5-7-15)19(20,21)22/h3-9H,10-11H2,1-2H3,(H,23,24). The van der Waals surface area contributed by atoms with E-state index in [1.807, 2.05) is 26.0 Å². The molecule has 2 aromatic rings. The van der Waals surface area contributed by atoms with E-state index in [4.69, 9.17) is 9.47 Å². The number of ether oxygens (including phenoxy) is 2. The summed E-state index contributed by atoms with van der Waals surface area (Å²) in [6, 6.07) is 9.40. The van der Waals surface area contributed by atoms with Crippen LogP contribution in [0.3, 0.4) is 0 Å². The molecule has 0 bridgehead atoms. The molecule has 144 valence electrons. The largest absolute Gasteiger partial charge is 0.482 e. The second-order valence-corrected chi connectivity index (χ2v) is 5.84. The Hall–Kier alpha value is -3.03. The normalized spacial score (nSPS) is 11.0. The second kappa shape index (κ2) is 8.57. The van der Waals surface area contributed by atoms with Gasteiger partial charge in [-0.25, -0.2) is 4.79 Å². The summed E-state index contributed by atoms with van der Waals surface area (Å²) in [6.45, 7) is 2.83. The van der Waals surface area contributed by atoms with Crippen LogP contribution in [0.5, 0.6) is 5.75 Å². The van der Waals surface area contributed by atoms with Gasteiger partial charge in [0.2, 0.25) is 0 Å². The SMILES string of the molecule is Cc1ccc(OCC(=O)OCC(=O)Nc2ccc(C(F)(F)F)cc2)c(C)c1.